The van der Waals surface area contributed by atoms with Crippen LogP contribution in [0.15, 0.2) is 0 Å². The monoisotopic (exact) mass is 271 g/mol. The summed E-state index contributed by atoms with van der Waals surface area (Å²) in [6, 6.07) is 0.588. The molecule has 2 unspecified atom stereocenters. The molecule has 1 saturated heterocycles. The average molecular weight is 271 g/mol. The van der Waals surface area contributed by atoms with E-state index >= 15 is 0 Å². The van der Waals surface area contributed by atoms with Crippen LogP contribution in [0, 0.1) is 5.92 Å². The summed E-state index contributed by atoms with van der Waals surface area (Å²) in [6.45, 7) is 4.23. The lowest BCUT2D eigenvalue weighted by atomic mass is 9.84. The lowest BCUT2D eigenvalue weighted by Gasteiger charge is -2.32. The number of rotatable bonds is 6. The van der Waals surface area contributed by atoms with Crippen LogP contribution in [0.3, 0.4) is 0 Å². The van der Waals surface area contributed by atoms with Crippen LogP contribution in [-0.2, 0) is 4.74 Å². The van der Waals surface area contributed by atoms with Gasteiger partial charge in [-0.3, -0.25) is 0 Å². The fourth-order valence-corrected chi connectivity index (χ4v) is 4.25. The van der Waals surface area contributed by atoms with Gasteiger partial charge in [0.1, 0.15) is 0 Å². The topological polar surface area (TPSA) is 21.3 Å². The fourth-order valence-electron chi connectivity index (χ4n) is 3.31. The molecule has 3 heteroatoms. The van der Waals surface area contributed by atoms with Gasteiger partial charge in [0, 0.05) is 17.5 Å². The first kappa shape index (κ1) is 14.7. The Bertz CT molecular complexity index is 213. The van der Waals surface area contributed by atoms with Crippen molar-refractivity contribution in [2.45, 2.75) is 64.0 Å². The Morgan fingerprint density at radius 3 is 2.78 bits per heavy atom. The number of nitrogens with one attached hydrogen (secondary N) is 1. The highest BCUT2D eigenvalue weighted by Gasteiger charge is 2.25. The lowest BCUT2D eigenvalue weighted by molar-refractivity contribution is 0.0429. The predicted octanol–water partition coefficient (Wildman–Crippen LogP) is 3.46. The molecule has 0 radical (unpaired) electrons. The van der Waals surface area contributed by atoms with E-state index in [4.69, 9.17) is 4.74 Å². The van der Waals surface area contributed by atoms with Gasteiger partial charge in [0.05, 0.1) is 12.7 Å². The second-order valence-electron chi connectivity index (χ2n) is 5.73. The molecule has 1 aliphatic heterocycles. The smallest absolute Gasteiger partial charge is 0.0818 e. The van der Waals surface area contributed by atoms with Crippen LogP contribution in [0.4, 0.5) is 0 Å². The van der Waals surface area contributed by atoms with E-state index in [1.807, 2.05) is 0 Å². The predicted molar refractivity (Wildman–Crippen MR) is 80.3 cm³/mol. The van der Waals surface area contributed by atoms with Gasteiger partial charge in [-0.2, -0.15) is 11.8 Å². The van der Waals surface area contributed by atoms with Gasteiger partial charge in [0.15, 0.2) is 0 Å². The van der Waals surface area contributed by atoms with Crippen LogP contribution < -0.4 is 5.32 Å². The molecule has 0 aromatic rings. The van der Waals surface area contributed by atoms with Crippen molar-refractivity contribution in [3.63, 3.8) is 0 Å². The minimum atomic E-state index is 0.451. The molecule has 2 aliphatic rings. The minimum Gasteiger partial charge on any atom is -0.375 e. The Kier molecular flexibility index (Phi) is 6.88. The van der Waals surface area contributed by atoms with E-state index < -0.39 is 0 Å². The molecule has 2 nitrogen and oxygen atoms in total. The van der Waals surface area contributed by atoms with Gasteiger partial charge >= 0.3 is 0 Å². The Balaban J connectivity index is 1.73. The Morgan fingerprint density at radius 2 is 2.11 bits per heavy atom. The quantitative estimate of drug-likeness (QED) is 0.799. The normalized spacial score (nSPS) is 28.2. The van der Waals surface area contributed by atoms with E-state index in [1.165, 1.54) is 56.5 Å². The maximum atomic E-state index is 5.95. The van der Waals surface area contributed by atoms with Crippen molar-refractivity contribution in [2.75, 3.05) is 24.7 Å². The van der Waals surface area contributed by atoms with Crippen molar-refractivity contribution in [2.24, 2.45) is 5.92 Å². The number of thioether (sulfide) groups is 1. The molecule has 1 aliphatic carbocycles. The molecule has 0 aromatic carbocycles. The molecule has 18 heavy (non-hydrogen) atoms. The maximum Gasteiger partial charge on any atom is 0.0818 e. The summed E-state index contributed by atoms with van der Waals surface area (Å²) < 4.78 is 5.95. The molecule has 1 N–H and O–H groups in total. The van der Waals surface area contributed by atoms with E-state index in [2.05, 4.69) is 24.0 Å². The van der Waals surface area contributed by atoms with Crippen molar-refractivity contribution >= 4 is 11.8 Å². The number of hydrogen-bond acceptors (Lipinski definition) is 3. The maximum absolute atomic E-state index is 5.95. The van der Waals surface area contributed by atoms with Crippen molar-refractivity contribution in [1.29, 1.82) is 0 Å². The first-order chi connectivity index (χ1) is 8.90. The van der Waals surface area contributed by atoms with E-state index in [0.717, 1.165) is 19.1 Å². The highest BCUT2D eigenvalue weighted by molar-refractivity contribution is 7.99. The molecule has 2 atom stereocenters. The SMILES string of the molecule is CCNC(CCC1CCCCC1)C1CSCCO1. The summed E-state index contributed by atoms with van der Waals surface area (Å²) >= 11 is 2.05. The van der Waals surface area contributed by atoms with Gasteiger partial charge < -0.3 is 10.1 Å². The van der Waals surface area contributed by atoms with Gasteiger partial charge in [0.2, 0.25) is 0 Å². The molecule has 106 valence electrons. The minimum absolute atomic E-state index is 0.451. The summed E-state index contributed by atoms with van der Waals surface area (Å²) in [5, 5.41) is 3.65. The average Bonchev–Trinajstić information content (AvgIpc) is 2.45. The Hall–Kier alpha value is 0.270. The summed E-state index contributed by atoms with van der Waals surface area (Å²) in [7, 11) is 0. The van der Waals surface area contributed by atoms with Crippen LogP contribution in [-0.4, -0.2) is 36.8 Å². The fraction of sp³-hybridized carbons (Fsp3) is 1.00. The standard InChI is InChI=1S/C15H29NOS/c1-2-16-14(15-12-18-11-10-17-15)9-8-13-6-4-3-5-7-13/h13-16H,2-12H2,1H3. The zero-order valence-electron chi connectivity index (χ0n) is 11.8. The van der Waals surface area contributed by atoms with Crippen molar-refractivity contribution in [1.82, 2.24) is 5.32 Å². The van der Waals surface area contributed by atoms with Crippen LogP contribution in [0.5, 0.6) is 0 Å². The van der Waals surface area contributed by atoms with E-state index in [-0.39, 0.29) is 0 Å². The van der Waals surface area contributed by atoms with Crippen LogP contribution in [0.25, 0.3) is 0 Å². The summed E-state index contributed by atoms with van der Waals surface area (Å²) in [6.07, 6.45) is 10.5. The highest BCUT2D eigenvalue weighted by atomic mass is 32.2. The number of likely N-dealkylation sites (N-methyl/N-ethyl adjacent to an activating group) is 1. The van der Waals surface area contributed by atoms with Crippen molar-refractivity contribution in [3.05, 3.63) is 0 Å². The first-order valence-electron chi connectivity index (χ1n) is 7.83. The molecule has 1 heterocycles. The van der Waals surface area contributed by atoms with Crippen molar-refractivity contribution < 1.29 is 4.74 Å². The molecule has 2 rings (SSSR count). The Morgan fingerprint density at radius 1 is 1.28 bits per heavy atom. The second-order valence-corrected chi connectivity index (χ2v) is 6.88. The van der Waals surface area contributed by atoms with Crippen LogP contribution in [0.2, 0.25) is 0 Å². The van der Waals surface area contributed by atoms with Gasteiger partial charge in [-0.05, 0) is 25.3 Å². The molecule has 0 bridgehead atoms. The molecule has 0 spiro atoms. The number of hydrogen-bond donors (Lipinski definition) is 1. The zero-order valence-corrected chi connectivity index (χ0v) is 12.6. The van der Waals surface area contributed by atoms with Crippen LogP contribution in [0.1, 0.15) is 51.9 Å². The summed E-state index contributed by atoms with van der Waals surface area (Å²) in [5.74, 6) is 3.36. The summed E-state index contributed by atoms with van der Waals surface area (Å²) in [4.78, 5) is 0. The molecule has 2 fully saturated rings. The third-order valence-electron chi connectivity index (χ3n) is 4.37. The molecule has 1 saturated carbocycles. The van der Waals surface area contributed by atoms with E-state index in [1.54, 1.807) is 0 Å². The van der Waals surface area contributed by atoms with E-state index in [9.17, 15) is 0 Å². The van der Waals surface area contributed by atoms with Crippen LogP contribution >= 0.6 is 11.8 Å². The molecular weight excluding hydrogens is 242 g/mol. The second kappa shape index (κ2) is 8.44. The van der Waals surface area contributed by atoms with Gasteiger partial charge in [-0.1, -0.05) is 39.0 Å². The lowest BCUT2D eigenvalue weighted by Crippen LogP contribution is -2.45. The molecule has 0 aromatic heterocycles. The van der Waals surface area contributed by atoms with Crippen molar-refractivity contribution in [3.8, 4) is 0 Å². The Labute approximate surface area is 117 Å². The highest BCUT2D eigenvalue weighted by Crippen LogP contribution is 2.29. The van der Waals surface area contributed by atoms with E-state index in [0.29, 0.717) is 12.1 Å². The summed E-state index contributed by atoms with van der Waals surface area (Å²) in [5.41, 5.74) is 0. The third kappa shape index (κ3) is 4.75. The van der Waals surface area contributed by atoms with Gasteiger partial charge in [-0.25, -0.2) is 0 Å². The van der Waals surface area contributed by atoms with Gasteiger partial charge in [-0.15, -0.1) is 0 Å². The third-order valence-corrected chi connectivity index (χ3v) is 5.39. The molecular formula is C15H29NOS. The van der Waals surface area contributed by atoms with Gasteiger partial charge in [0.25, 0.3) is 0 Å². The zero-order chi connectivity index (χ0) is 12.6. The first-order valence-corrected chi connectivity index (χ1v) is 8.98. The molecule has 0 amide bonds. The largest absolute Gasteiger partial charge is 0.375 e. The number of ether oxygens (including phenoxy) is 1.